The molecule has 1 aromatic heterocycles. The van der Waals surface area contributed by atoms with E-state index in [1.54, 1.807) is 24.3 Å². The molecule has 0 bridgehead atoms. The van der Waals surface area contributed by atoms with Gasteiger partial charge in [0.1, 0.15) is 0 Å². The van der Waals surface area contributed by atoms with E-state index in [9.17, 15) is 14.7 Å². The van der Waals surface area contributed by atoms with Crippen molar-refractivity contribution in [1.29, 1.82) is 0 Å². The quantitative estimate of drug-likeness (QED) is 0.621. The second kappa shape index (κ2) is 8.86. The minimum Gasteiger partial charge on any atom is -0.478 e. The molecule has 0 aliphatic rings. The highest BCUT2D eigenvalue weighted by Crippen LogP contribution is 2.23. The second-order valence-electron chi connectivity index (χ2n) is 6.44. The van der Waals surface area contributed by atoms with Crippen LogP contribution in [0.2, 0.25) is 0 Å². The Morgan fingerprint density at radius 2 is 1.64 bits per heavy atom. The number of carboxylic acid groups (broad SMARTS) is 1. The molecule has 3 rings (SSSR count). The number of amides is 1. The molecule has 2 N–H and O–H groups in total. The summed E-state index contributed by atoms with van der Waals surface area (Å²) in [5, 5.41) is 12.5. The summed E-state index contributed by atoms with van der Waals surface area (Å²) in [7, 11) is 1.87. The van der Waals surface area contributed by atoms with Crippen molar-refractivity contribution in [2.75, 3.05) is 6.54 Å². The predicted molar refractivity (Wildman–Crippen MR) is 110 cm³/mol. The van der Waals surface area contributed by atoms with Crippen LogP contribution in [0.1, 0.15) is 27.2 Å². The van der Waals surface area contributed by atoms with Gasteiger partial charge in [-0.15, -0.1) is 0 Å². The van der Waals surface area contributed by atoms with Crippen LogP contribution < -0.4 is 5.32 Å². The van der Waals surface area contributed by atoms with E-state index >= 15 is 0 Å². The van der Waals surface area contributed by atoms with Gasteiger partial charge in [0.15, 0.2) is 0 Å². The Morgan fingerprint density at radius 3 is 2.29 bits per heavy atom. The van der Waals surface area contributed by atoms with Crippen LogP contribution in [-0.2, 0) is 18.3 Å². The molecule has 0 aliphatic heterocycles. The molecule has 0 radical (unpaired) electrons. The van der Waals surface area contributed by atoms with Gasteiger partial charge >= 0.3 is 5.97 Å². The summed E-state index contributed by atoms with van der Waals surface area (Å²) in [6.07, 6.45) is 4.30. The molecule has 0 atom stereocenters. The third-order valence-corrected chi connectivity index (χ3v) is 4.51. The minimum absolute atomic E-state index is 0.0983. The number of carboxylic acids is 1. The monoisotopic (exact) mass is 374 g/mol. The Bertz CT molecular complexity index is 1000. The van der Waals surface area contributed by atoms with Crippen LogP contribution in [0.3, 0.4) is 0 Å². The van der Waals surface area contributed by atoms with Gasteiger partial charge in [0.25, 0.3) is 5.91 Å². The summed E-state index contributed by atoms with van der Waals surface area (Å²) in [5.41, 5.74) is 2.76. The Kier molecular flexibility index (Phi) is 6.07. The van der Waals surface area contributed by atoms with E-state index in [0.29, 0.717) is 24.1 Å². The third kappa shape index (κ3) is 4.57. The van der Waals surface area contributed by atoms with Crippen LogP contribution in [0.5, 0.6) is 0 Å². The Hall–Kier alpha value is -3.60. The first-order valence-electron chi connectivity index (χ1n) is 9.04. The van der Waals surface area contributed by atoms with Crippen LogP contribution >= 0.6 is 0 Å². The summed E-state index contributed by atoms with van der Waals surface area (Å²) < 4.78 is 1.88. The van der Waals surface area contributed by atoms with Gasteiger partial charge < -0.3 is 15.0 Å². The second-order valence-corrected chi connectivity index (χ2v) is 6.44. The highest BCUT2D eigenvalue weighted by molar-refractivity contribution is 6.25. The van der Waals surface area contributed by atoms with Gasteiger partial charge in [0.05, 0.1) is 5.56 Å². The molecular weight excluding hydrogens is 352 g/mol. The first-order chi connectivity index (χ1) is 13.6. The largest absolute Gasteiger partial charge is 0.478 e. The minimum atomic E-state index is -1.06. The van der Waals surface area contributed by atoms with E-state index < -0.39 is 5.97 Å². The smallest absolute Gasteiger partial charge is 0.336 e. The zero-order valence-electron chi connectivity index (χ0n) is 15.6. The highest BCUT2D eigenvalue weighted by Gasteiger charge is 2.19. The molecule has 0 saturated carbocycles. The molecule has 28 heavy (non-hydrogen) atoms. The van der Waals surface area contributed by atoms with Crippen LogP contribution in [-0.4, -0.2) is 28.1 Å². The van der Waals surface area contributed by atoms with Crippen molar-refractivity contribution < 1.29 is 14.7 Å². The molecule has 3 aromatic rings. The summed E-state index contributed by atoms with van der Waals surface area (Å²) in [6.45, 7) is 0.461. The summed E-state index contributed by atoms with van der Waals surface area (Å²) in [4.78, 5) is 24.6. The van der Waals surface area contributed by atoms with Crippen molar-refractivity contribution in [3.8, 4) is 0 Å². The fourth-order valence-corrected chi connectivity index (χ4v) is 3.00. The number of aromatic nitrogens is 1. The van der Waals surface area contributed by atoms with Crippen molar-refractivity contribution in [1.82, 2.24) is 9.88 Å². The van der Waals surface area contributed by atoms with E-state index in [1.165, 1.54) is 6.07 Å². The number of carbonyl (C=O) groups is 2. The topological polar surface area (TPSA) is 71.3 Å². The molecule has 1 heterocycles. The molecule has 1 amide bonds. The third-order valence-electron chi connectivity index (χ3n) is 4.51. The lowest BCUT2D eigenvalue weighted by Crippen LogP contribution is -2.27. The van der Waals surface area contributed by atoms with E-state index in [2.05, 4.69) is 5.32 Å². The number of hydrogen-bond donors (Lipinski definition) is 2. The fourth-order valence-electron chi connectivity index (χ4n) is 3.00. The zero-order chi connectivity index (χ0) is 19.9. The van der Waals surface area contributed by atoms with Crippen LogP contribution in [0, 0.1) is 0 Å². The van der Waals surface area contributed by atoms with Gasteiger partial charge in [0, 0.05) is 36.6 Å². The van der Waals surface area contributed by atoms with Gasteiger partial charge in [-0.2, -0.15) is 0 Å². The first-order valence-corrected chi connectivity index (χ1v) is 9.04. The lowest BCUT2D eigenvalue weighted by atomic mass is 9.98. The van der Waals surface area contributed by atoms with Crippen molar-refractivity contribution >= 4 is 23.5 Å². The fraction of sp³-hybridized carbons (Fsp3) is 0.130. The van der Waals surface area contributed by atoms with Crippen LogP contribution in [0.25, 0.3) is 11.6 Å². The van der Waals surface area contributed by atoms with Crippen LogP contribution in [0.15, 0.2) is 72.9 Å². The predicted octanol–water partition coefficient (Wildman–Crippen LogP) is 3.62. The molecule has 0 fully saturated rings. The van der Waals surface area contributed by atoms with E-state index in [1.807, 2.05) is 60.3 Å². The maximum atomic E-state index is 13.0. The van der Waals surface area contributed by atoms with Crippen molar-refractivity contribution in [2.45, 2.75) is 6.42 Å². The molecular formula is C23H22N2O3. The summed E-state index contributed by atoms with van der Waals surface area (Å²) >= 11 is 0. The maximum absolute atomic E-state index is 13.0. The average molecular weight is 374 g/mol. The van der Waals surface area contributed by atoms with Gasteiger partial charge in [-0.05, 0) is 36.3 Å². The number of nitrogens with one attached hydrogen (secondary N) is 1. The Balaban J connectivity index is 1.89. The van der Waals surface area contributed by atoms with Gasteiger partial charge in [0.2, 0.25) is 0 Å². The lowest BCUT2D eigenvalue weighted by molar-refractivity contribution is -0.115. The average Bonchev–Trinajstić information content (AvgIpc) is 3.11. The van der Waals surface area contributed by atoms with E-state index in [-0.39, 0.29) is 11.5 Å². The number of aryl methyl sites for hydroxylation is 1. The summed E-state index contributed by atoms with van der Waals surface area (Å²) in [5.74, 6) is -1.36. The van der Waals surface area contributed by atoms with E-state index in [4.69, 9.17) is 0 Å². The Morgan fingerprint density at radius 1 is 0.964 bits per heavy atom. The van der Waals surface area contributed by atoms with Crippen molar-refractivity contribution in [3.63, 3.8) is 0 Å². The maximum Gasteiger partial charge on any atom is 0.336 e. The molecule has 0 spiro atoms. The number of nitrogens with zero attached hydrogens (tertiary/aromatic N) is 1. The van der Waals surface area contributed by atoms with Gasteiger partial charge in [-0.1, -0.05) is 48.5 Å². The number of aromatic carboxylic acids is 1. The van der Waals surface area contributed by atoms with Crippen molar-refractivity contribution in [3.05, 3.63) is 95.3 Å². The normalized spacial score (nSPS) is 11.2. The standard InChI is InChI=1S/C23H22N2O3/c1-25-15-7-10-18(25)16-21(19-11-5-6-12-20(19)23(27)28)22(26)24-14-13-17-8-3-2-4-9-17/h2-12,15-16H,13-14H2,1H3,(H,24,26)(H,27,28)/b21-16+. The summed E-state index contributed by atoms with van der Waals surface area (Å²) in [6, 6.07) is 20.2. The van der Waals surface area contributed by atoms with E-state index in [0.717, 1.165) is 11.3 Å². The molecule has 142 valence electrons. The highest BCUT2D eigenvalue weighted by atomic mass is 16.4. The van der Waals surface area contributed by atoms with Gasteiger partial charge in [-0.3, -0.25) is 4.79 Å². The molecule has 0 unspecified atom stereocenters. The van der Waals surface area contributed by atoms with Crippen LogP contribution in [0.4, 0.5) is 0 Å². The van der Waals surface area contributed by atoms with Crippen molar-refractivity contribution in [2.24, 2.45) is 7.05 Å². The SMILES string of the molecule is Cn1cccc1/C=C(/C(=O)NCCc1ccccc1)c1ccccc1C(=O)O. The lowest BCUT2D eigenvalue weighted by Gasteiger charge is -2.12. The number of rotatable bonds is 7. The molecule has 0 saturated heterocycles. The first kappa shape index (κ1) is 19.2. The number of hydrogen-bond acceptors (Lipinski definition) is 2. The molecule has 5 heteroatoms. The molecule has 2 aromatic carbocycles. The molecule has 5 nitrogen and oxygen atoms in total. The zero-order valence-corrected chi connectivity index (χ0v) is 15.6. The number of benzene rings is 2. The Labute approximate surface area is 163 Å². The molecule has 0 aliphatic carbocycles. The number of carbonyl (C=O) groups excluding carboxylic acids is 1. The van der Waals surface area contributed by atoms with Gasteiger partial charge in [-0.25, -0.2) is 4.79 Å².